The summed E-state index contributed by atoms with van der Waals surface area (Å²) in [6, 6.07) is 82.7. The van der Waals surface area contributed by atoms with E-state index in [0.29, 0.717) is 0 Å². The molecule has 1 heteroatoms. The van der Waals surface area contributed by atoms with Crippen LogP contribution in [0.1, 0.15) is 22.3 Å². The van der Waals surface area contributed by atoms with Crippen molar-refractivity contribution in [3.8, 4) is 55.6 Å². The molecular weight excluding hydrogens is 675 g/mol. The molecule has 0 saturated carbocycles. The van der Waals surface area contributed by atoms with Gasteiger partial charge in [-0.2, -0.15) is 0 Å². The van der Waals surface area contributed by atoms with Crippen LogP contribution in [0.15, 0.2) is 224 Å². The standard InChI is InChI=1S/C55H37N/c1-3-17-38(18-4-1)39-31-33-41(34-32-39)56(54-30-16-12-21-43(54)40-19-5-2-6-20-40)42-35-36-49-48-26-11-15-29-52(48)55(53(49)37-42)50-27-13-9-24-46(50)44-22-7-8-23-45(44)47-25-10-14-28-51(47)55/h1-37H. The second kappa shape index (κ2) is 13.0. The van der Waals surface area contributed by atoms with Crippen molar-refractivity contribution >= 4 is 17.1 Å². The average molecular weight is 712 g/mol. The van der Waals surface area contributed by atoms with Crippen LogP contribution in [0.25, 0.3) is 55.6 Å². The third-order valence-electron chi connectivity index (χ3n) is 11.9. The zero-order valence-corrected chi connectivity index (χ0v) is 30.8. The van der Waals surface area contributed by atoms with Gasteiger partial charge in [0.1, 0.15) is 0 Å². The zero-order chi connectivity index (χ0) is 37.1. The molecule has 0 fully saturated rings. The molecule has 2 aliphatic carbocycles. The molecule has 0 atom stereocenters. The van der Waals surface area contributed by atoms with Gasteiger partial charge < -0.3 is 4.90 Å². The Balaban J connectivity index is 1.21. The minimum absolute atomic E-state index is 0.560. The Morgan fingerprint density at radius 3 is 1.21 bits per heavy atom. The van der Waals surface area contributed by atoms with Gasteiger partial charge in [0.15, 0.2) is 0 Å². The summed E-state index contributed by atoms with van der Waals surface area (Å²) in [6.07, 6.45) is 0. The summed E-state index contributed by atoms with van der Waals surface area (Å²) < 4.78 is 0. The number of anilines is 3. The van der Waals surface area contributed by atoms with E-state index in [1.165, 1.54) is 77.9 Å². The van der Waals surface area contributed by atoms with Gasteiger partial charge in [0, 0.05) is 16.9 Å². The van der Waals surface area contributed by atoms with Crippen molar-refractivity contribution in [3.63, 3.8) is 0 Å². The van der Waals surface area contributed by atoms with E-state index in [-0.39, 0.29) is 0 Å². The lowest BCUT2D eigenvalue weighted by Gasteiger charge is -2.36. The average Bonchev–Trinajstić information content (AvgIpc) is 3.51. The topological polar surface area (TPSA) is 3.24 Å². The molecule has 9 aromatic carbocycles. The Labute approximate surface area is 328 Å². The Morgan fingerprint density at radius 2 is 0.643 bits per heavy atom. The smallest absolute Gasteiger partial charge is 0.0726 e. The van der Waals surface area contributed by atoms with Crippen LogP contribution in [-0.4, -0.2) is 0 Å². The van der Waals surface area contributed by atoms with Gasteiger partial charge in [-0.15, -0.1) is 0 Å². The predicted molar refractivity (Wildman–Crippen MR) is 234 cm³/mol. The van der Waals surface area contributed by atoms with Gasteiger partial charge in [-0.1, -0.05) is 194 Å². The number of benzene rings is 9. The van der Waals surface area contributed by atoms with Crippen LogP contribution in [0.3, 0.4) is 0 Å². The first-order valence-electron chi connectivity index (χ1n) is 19.4. The van der Waals surface area contributed by atoms with Gasteiger partial charge >= 0.3 is 0 Å². The fraction of sp³-hybridized carbons (Fsp3) is 0.0182. The Kier molecular flexibility index (Phi) is 7.47. The highest BCUT2D eigenvalue weighted by Crippen LogP contribution is 2.62. The fourth-order valence-corrected chi connectivity index (χ4v) is 9.57. The molecule has 9 aromatic rings. The summed E-state index contributed by atoms with van der Waals surface area (Å²) in [7, 11) is 0. The number of nitrogens with zero attached hydrogens (tertiary/aromatic N) is 1. The Morgan fingerprint density at radius 1 is 0.250 bits per heavy atom. The van der Waals surface area contributed by atoms with Gasteiger partial charge in [0.25, 0.3) is 0 Å². The number of rotatable bonds is 5. The second-order valence-corrected chi connectivity index (χ2v) is 14.8. The summed E-state index contributed by atoms with van der Waals surface area (Å²) in [5, 5.41) is 0. The van der Waals surface area contributed by atoms with Gasteiger partial charge in [0.2, 0.25) is 0 Å². The van der Waals surface area contributed by atoms with Crippen LogP contribution in [0.2, 0.25) is 0 Å². The van der Waals surface area contributed by atoms with E-state index in [0.717, 1.165) is 17.1 Å². The van der Waals surface area contributed by atoms with Crippen molar-refractivity contribution < 1.29 is 0 Å². The molecule has 11 rings (SSSR count). The molecule has 0 radical (unpaired) electrons. The lowest BCUT2D eigenvalue weighted by molar-refractivity contribution is 0.775. The van der Waals surface area contributed by atoms with Crippen molar-refractivity contribution in [1.82, 2.24) is 0 Å². The monoisotopic (exact) mass is 711 g/mol. The predicted octanol–water partition coefficient (Wildman–Crippen LogP) is 14.5. The van der Waals surface area contributed by atoms with Crippen molar-refractivity contribution in [2.45, 2.75) is 5.41 Å². The summed E-state index contributed by atoms with van der Waals surface area (Å²) in [6.45, 7) is 0. The SMILES string of the molecule is c1ccc(-c2ccc(N(c3ccc4c(c3)C3(c5ccccc5-c5ccccc5-c5ccccc53)c3ccccc3-4)c3ccccc3-c3ccccc3)cc2)cc1. The molecule has 0 N–H and O–H groups in total. The molecule has 0 bridgehead atoms. The molecule has 0 saturated heterocycles. The van der Waals surface area contributed by atoms with Crippen molar-refractivity contribution in [2.24, 2.45) is 0 Å². The van der Waals surface area contributed by atoms with E-state index in [9.17, 15) is 0 Å². The number of fused-ring (bicyclic) bond motifs is 12. The van der Waals surface area contributed by atoms with E-state index in [1.807, 2.05) is 0 Å². The van der Waals surface area contributed by atoms with E-state index < -0.39 is 5.41 Å². The van der Waals surface area contributed by atoms with E-state index in [4.69, 9.17) is 0 Å². The molecule has 0 unspecified atom stereocenters. The summed E-state index contributed by atoms with van der Waals surface area (Å²) in [5.74, 6) is 0. The van der Waals surface area contributed by atoms with E-state index in [1.54, 1.807) is 0 Å². The van der Waals surface area contributed by atoms with Gasteiger partial charge in [-0.05, 0) is 103 Å². The molecule has 0 amide bonds. The molecule has 56 heavy (non-hydrogen) atoms. The maximum atomic E-state index is 2.49. The van der Waals surface area contributed by atoms with Crippen LogP contribution in [-0.2, 0) is 5.41 Å². The molecule has 0 heterocycles. The normalized spacial score (nSPS) is 12.8. The third kappa shape index (κ3) is 4.81. The lowest BCUT2D eigenvalue weighted by atomic mass is 9.66. The molecular formula is C55H37N. The fourth-order valence-electron chi connectivity index (χ4n) is 9.57. The van der Waals surface area contributed by atoms with E-state index >= 15 is 0 Å². The zero-order valence-electron chi connectivity index (χ0n) is 30.8. The first kappa shape index (κ1) is 32.2. The van der Waals surface area contributed by atoms with Crippen LogP contribution in [0.5, 0.6) is 0 Å². The molecule has 2 aliphatic rings. The van der Waals surface area contributed by atoms with Crippen molar-refractivity contribution in [2.75, 3.05) is 4.90 Å². The highest BCUT2D eigenvalue weighted by molar-refractivity contribution is 5.98. The Bertz CT molecular complexity index is 2840. The minimum atomic E-state index is -0.560. The van der Waals surface area contributed by atoms with Gasteiger partial charge in [0.05, 0.1) is 11.1 Å². The molecule has 262 valence electrons. The Hall–Kier alpha value is -7.22. The van der Waals surface area contributed by atoms with Gasteiger partial charge in [-0.3, -0.25) is 0 Å². The minimum Gasteiger partial charge on any atom is -0.310 e. The quantitative estimate of drug-likeness (QED) is 0.172. The van der Waals surface area contributed by atoms with E-state index in [2.05, 4.69) is 229 Å². The molecule has 1 nitrogen and oxygen atoms in total. The van der Waals surface area contributed by atoms with Crippen LogP contribution >= 0.6 is 0 Å². The molecule has 0 aliphatic heterocycles. The highest BCUT2D eigenvalue weighted by atomic mass is 15.1. The molecule has 0 aromatic heterocycles. The van der Waals surface area contributed by atoms with Crippen LogP contribution in [0.4, 0.5) is 17.1 Å². The van der Waals surface area contributed by atoms with Crippen LogP contribution < -0.4 is 4.90 Å². The molecule has 1 spiro atoms. The number of hydrogen-bond donors (Lipinski definition) is 0. The summed E-state index contributed by atoms with van der Waals surface area (Å²) in [4.78, 5) is 2.46. The maximum absolute atomic E-state index is 2.49. The summed E-state index contributed by atoms with van der Waals surface area (Å²) in [5.41, 5.74) is 20.4. The lowest BCUT2D eigenvalue weighted by Crippen LogP contribution is -2.29. The second-order valence-electron chi connectivity index (χ2n) is 14.8. The first-order valence-corrected chi connectivity index (χ1v) is 19.4. The number of para-hydroxylation sites is 1. The van der Waals surface area contributed by atoms with Crippen LogP contribution in [0, 0.1) is 0 Å². The first-order chi connectivity index (χ1) is 27.8. The maximum Gasteiger partial charge on any atom is 0.0726 e. The third-order valence-corrected chi connectivity index (χ3v) is 11.9. The van der Waals surface area contributed by atoms with Crippen molar-refractivity contribution in [3.05, 3.63) is 247 Å². The largest absolute Gasteiger partial charge is 0.310 e. The summed E-state index contributed by atoms with van der Waals surface area (Å²) >= 11 is 0. The highest BCUT2D eigenvalue weighted by Gasteiger charge is 2.49. The van der Waals surface area contributed by atoms with Crippen molar-refractivity contribution in [1.29, 1.82) is 0 Å². The number of hydrogen-bond acceptors (Lipinski definition) is 1. The van der Waals surface area contributed by atoms with Gasteiger partial charge in [-0.25, -0.2) is 0 Å².